The number of piperidine rings is 1. The Kier molecular flexibility index (Phi) is 2.66. The zero-order valence-corrected chi connectivity index (χ0v) is 6.73. The fourth-order valence-electron chi connectivity index (χ4n) is 1.43. The van der Waals surface area contributed by atoms with Gasteiger partial charge in [0.25, 0.3) is 0 Å². The van der Waals surface area contributed by atoms with Gasteiger partial charge in [0, 0.05) is 6.54 Å². The molecule has 0 aliphatic carbocycles. The van der Waals surface area contributed by atoms with Gasteiger partial charge in [-0.3, -0.25) is 0 Å². The van der Waals surface area contributed by atoms with E-state index in [1.807, 2.05) is 0 Å². The second-order valence-corrected chi connectivity index (χ2v) is 3.50. The van der Waals surface area contributed by atoms with Gasteiger partial charge in [0.1, 0.15) is 6.17 Å². The third-order valence-electron chi connectivity index (χ3n) is 2.27. The Morgan fingerprint density at radius 1 is 1.40 bits per heavy atom. The van der Waals surface area contributed by atoms with Crippen LogP contribution in [0, 0.1) is 11.8 Å². The fourth-order valence-corrected chi connectivity index (χ4v) is 1.43. The molecule has 0 aromatic carbocycles. The van der Waals surface area contributed by atoms with Gasteiger partial charge in [-0.1, -0.05) is 13.8 Å². The minimum atomic E-state index is -0.610. The Labute approximate surface area is 62.0 Å². The molecule has 2 atom stereocenters. The van der Waals surface area contributed by atoms with Crippen LogP contribution in [0.1, 0.15) is 20.3 Å². The highest BCUT2D eigenvalue weighted by Crippen LogP contribution is 2.20. The monoisotopic (exact) mass is 145 g/mol. The molecule has 1 rings (SSSR count). The highest BCUT2D eigenvalue weighted by Gasteiger charge is 2.22. The smallest absolute Gasteiger partial charge is 0.113 e. The zero-order valence-electron chi connectivity index (χ0n) is 6.73. The first-order chi connectivity index (χ1) is 4.70. The van der Waals surface area contributed by atoms with Crippen molar-refractivity contribution in [2.24, 2.45) is 11.8 Å². The summed E-state index contributed by atoms with van der Waals surface area (Å²) in [5.41, 5.74) is 0. The van der Waals surface area contributed by atoms with Gasteiger partial charge in [-0.15, -0.1) is 0 Å². The van der Waals surface area contributed by atoms with E-state index in [0.717, 1.165) is 13.0 Å². The van der Waals surface area contributed by atoms with Gasteiger partial charge in [0.05, 0.1) is 0 Å². The zero-order chi connectivity index (χ0) is 7.56. The van der Waals surface area contributed by atoms with Crippen molar-refractivity contribution in [3.05, 3.63) is 0 Å². The normalized spacial score (nSPS) is 34.8. The van der Waals surface area contributed by atoms with Gasteiger partial charge >= 0.3 is 0 Å². The molecular formula is C8H16FN. The summed E-state index contributed by atoms with van der Waals surface area (Å²) in [7, 11) is 0. The summed E-state index contributed by atoms with van der Waals surface area (Å²) < 4.78 is 12.7. The fraction of sp³-hybridized carbons (Fsp3) is 1.00. The van der Waals surface area contributed by atoms with E-state index in [9.17, 15) is 4.39 Å². The predicted molar refractivity (Wildman–Crippen MR) is 40.7 cm³/mol. The average Bonchev–Trinajstić information content (AvgIpc) is 1.88. The standard InChI is InChI=1S/C8H16FN/c1-6(2)7-3-8(9)5-10-4-7/h6-8,10H,3-5H2,1-2H3/t7?,8-/m0/s1. The Morgan fingerprint density at radius 2 is 2.10 bits per heavy atom. The first kappa shape index (κ1) is 7.99. The lowest BCUT2D eigenvalue weighted by Crippen LogP contribution is -2.39. The molecule has 1 saturated heterocycles. The molecule has 0 radical (unpaired) electrons. The molecule has 60 valence electrons. The van der Waals surface area contributed by atoms with E-state index >= 15 is 0 Å². The molecule has 0 bridgehead atoms. The molecule has 0 saturated carbocycles. The first-order valence-corrected chi connectivity index (χ1v) is 4.05. The maximum Gasteiger partial charge on any atom is 0.113 e. The molecule has 1 heterocycles. The molecule has 0 spiro atoms. The van der Waals surface area contributed by atoms with Crippen LogP contribution >= 0.6 is 0 Å². The largest absolute Gasteiger partial charge is 0.314 e. The Bertz CT molecular complexity index is 103. The van der Waals surface area contributed by atoms with Gasteiger partial charge in [0.2, 0.25) is 0 Å². The molecule has 1 N–H and O–H groups in total. The lowest BCUT2D eigenvalue weighted by molar-refractivity contribution is 0.183. The topological polar surface area (TPSA) is 12.0 Å². The van der Waals surface area contributed by atoms with Crippen molar-refractivity contribution in [2.45, 2.75) is 26.4 Å². The lowest BCUT2D eigenvalue weighted by Gasteiger charge is -2.28. The quantitative estimate of drug-likeness (QED) is 0.591. The van der Waals surface area contributed by atoms with E-state index < -0.39 is 6.17 Å². The molecular weight excluding hydrogens is 129 g/mol. The number of rotatable bonds is 1. The molecule has 1 unspecified atom stereocenters. The van der Waals surface area contributed by atoms with Crippen molar-refractivity contribution in [3.8, 4) is 0 Å². The summed E-state index contributed by atoms with van der Waals surface area (Å²) in [6.45, 7) is 5.87. The Hall–Kier alpha value is -0.110. The van der Waals surface area contributed by atoms with Crippen molar-refractivity contribution in [1.29, 1.82) is 0 Å². The molecule has 1 nitrogen and oxygen atoms in total. The first-order valence-electron chi connectivity index (χ1n) is 4.05. The van der Waals surface area contributed by atoms with E-state index in [0.29, 0.717) is 18.4 Å². The number of hydrogen-bond acceptors (Lipinski definition) is 1. The van der Waals surface area contributed by atoms with Crippen molar-refractivity contribution in [1.82, 2.24) is 5.32 Å². The second kappa shape index (κ2) is 3.33. The Balaban J connectivity index is 2.32. The summed E-state index contributed by atoms with van der Waals surface area (Å²) in [6.07, 6.45) is 0.145. The van der Waals surface area contributed by atoms with Crippen molar-refractivity contribution in [2.75, 3.05) is 13.1 Å². The highest BCUT2D eigenvalue weighted by molar-refractivity contribution is 4.77. The summed E-state index contributed by atoms with van der Waals surface area (Å²) in [6, 6.07) is 0. The molecule has 1 aliphatic heterocycles. The predicted octanol–water partition coefficient (Wildman–Crippen LogP) is 1.59. The molecule has 2 heteroatoms. The summed E-state index contributed by atoms with van der Waals surface area (Å²) >= 11 is 0. The van der Waals surface area contributed by atoms with Crippen LogP contribution in [0.5, 0.6) is 0 Å². The van der Waals surface area contributed by atoms with Crippen molar-refractivity contribution >= 4 is 0 Å². The van der Waals surface area contributed by atoms with Gasteiger partial charge in [-0.2, -0.15) is 0 Å². The third-order valence-corrected chi connectivity index (χ3v) is 2.27. The van der Waals surface area contributed by atoms with Gasteiger partial charge in [-0.05, 0) is 24.8 Å². The number of alkyl halides is 1. The SMILES string of the molecule is CC(C)C1CNC[C@@H](F)C1. The molecule has 10 heavy (non-hydrogen) atoms. The van der Waals surface area contributed by atoms with Gasteiger partial charge in [-0.25, -0.2) is 4.39 Å². The van der Waals surface area contributed by atoms with Crippen LogP contribution < -0.4 is 5.32 Å². The van der Waals surface area contributed by atoms with Crippen LogP contribution in [-0.4, -0.2) is 19.3 Å². The van der Waals surface area contributed by atoms with Gasteiger partial charge in [0.15, 0.2) is 0 Å². The lowest BCUT2D eigenvalue weighted by atomic mass is 9.88. The van der Waals surface area contributed by atoms with E-state index in [1.165, 1.54) is 0 Å². The van der Waals surface area contributed by atoms with Crippen LogP contribution in [0.3, 0.4) is 0 Å². The van der Waals surface area contributed by atoms with E-state index in [4.69, 9.17) is 0 Å². The second-order valence-electron chi connectivity index (χ2n) is 3.50. The minimum absolute atomic E-state index is 0.545. The van der Waals surface area contributed by atoms with Crippen LogP contribution in [0.2, 0.25) is 0 Å². The van der Waals surface area contributed by atoms with E-state index in [2.05, 4.69) is 19.2 Å². The minimum Gasteiger partial charge on any atom is -0.314 e. The number of nitrogens with one attached hydrogen (secondary N) is 1. The van der Waals surface area contributed by atoms with Crippen LogP contribution in [0.25, 0.3) is 0 Å². The van der Waals surface area contributed by atoms with Crippen molar-refractivity contribution < 1.29 is 4.39 Å². The summed E-state index contributed by atoms with van der Waals surface area (Å²) in [5.74, 6) is 1.16. The Morgan fingerprint density at radius 3 is 2.50 bits per heavy atom. The maximum atomic E-state index is 12.7. The third kappa shape index (κ3) is 1.94. The highest BCUT2D eigenvalue weighted by atomic mass is 19.1. The summed E-state index contributed by atoms with van der Waals surface area (Å²) in [5, 5.41) is 3.09. The molecule has 0 aromatic rings. The average molecular weight is 145 g/mol. The van der Waals surface area contributed by atoms with E-state index in [-0.39, 0.29) is 0 Å². The summed E-state index contributed by atoms with van der Waals surface area (Å²) in [4.78, 5) is 0. The van der Waals surface area contributed by atoms with Crippen molar-refractivity contribution in [3.63, 3.8) is 0 Å². The van der Waals surface area contributed by atoms with Crippen LogP contribution in [0.4, 0.5) is 4.39 Å². The molecule has 0 aromatic heterocycles. The molecule has 1 aliphatic rings. The van der Waals surface area contributed by atoms with Crippen LogP contribution in [-0.2, 0) is 0 Å². The van der Waals surface area contributed by atoms with Crippen LogP contribution in [0.15, 0.2) is 0 Å². The number of hydrogen-bond donors (Lipinski definition) is 1. The maximum absolute atomic E-state index is 12.7. The van der Waals surface area contributed by atoms with E-state index in [1.54, 1.807) is 0 Å². The molecule has 1 fully saturated rings. The number of halogens is 1. The molecule has 0 amide bonds. The van der Waals surface area contributed by atoms with Gasteiger partial charge < -0.3 is 5.32 Å².